The smallest absolute Gasteiger partial charge is 0.391 e. The molecule has 15 unspecified atom stereocenters. The molecule has 6 bridgehead atoms. The largest absolute Gasteiger partial charge is 0.515 e. The highest BCUT2D eigenvalue weighted by molar-refractivity contribution is 7.06. The maximum Gasteiger partial charge on any atom is 0.515 e. The van der Waals surface area contributed by atoms with Crippen LogP contribution in [-0.2, 0) is 110 Å². The van der Waals surface area contributed by atoms with Crippen LogP contribution in [0.1, 0.15) is 51.4 Å². The third kappa shape index (κ3) is 17.6. The predicted molar refractivity (Wildman–Crippen MR) is 344 cm³/mol. The maximum absolute atomic E-state index is 13.9. The lowest BCUT2D eigenvalue weighted by Gasteiger charge is -2.58. The Morgan fingerprint density at radius 2 is 0.606 bits per heavy atom. The van der Waals surface area contributed by atoms with E-state index in [0.717, 1.165) is 12.8 Å². The minimum atomic E-state index is -5.24. The third-order valence-corrected chi connectivity index (χ3v) is 57.5. The van der Waals surface area contributed by atoms with Crippen molar-refractivity contribution in [2.24, 2.45) is 0 Å². The Morgan fingerprint density at radius 1 is 0.319 bits per heavy atom. The molecule has 1 aliphatic carbocycles. The van der Waals surface area contributed by atoms with E-state index in [9.17, 15) is 14.4 Å². The van der Waals surface area contributed by atoms with E-state index in [1.54, 1.807) is 72.8 Å². The summed E-state index contributed by atoms with van der Waals surface area (Å²) in [5, 5.41) is 1.34. The van der Waals surface area contributed by atoms with E-state index in [1.807, 2.05) is 48.5 Å². The Morgan fingerprint density at radius 3 is 0.915 bits per heavy atom. The van der Waals surface area contributed by atoms with Gasteiger partial charge < -0.3 is 124 Å². The lowest BCUT2D eigenvalue weighted by Crippen LogP contribution is -2.88. The second-order valence-electron chi connectivity index (χ2n) is 24.3. The molecule has 0 radical (unpaired) electrons. The van der Waals surface area contributed by atoms with E-state index in [-0.39, 0.29) is 127 Å². The van der Waals surface area contributed by atoms with Gasteiger partial charge in [-0.3, -0.25) is 0 Å². The van der Waals surface area contributed by atoms with Gasteiger partial charge in [-0.2, -0.15) is 0 Å². The molecule has 10 aliphatic rings. The highest BCUT2D eigenvalue weighted by Gasteiger charge is 2.81. The normalized spacial score (nSPS) is 38.9. The van der Waals surface area contributed by atoms with Gasteiger partial charge in [0.15, 0.2) is 31.5 Å². The van der Waals surface area contributed by atoms with Gasteiger partial charge in [0, 0.05) is 104 Å². The molecular formula is C56H82O28Si10. The first-order valence-electron chi connectivity index (χ1n) is 32.5. The molecular weight excluding hydrogens is 1400 g/mol. The van der Waals surface area contributed by atoms with Crippen LogP contribution in [0.2, 0.25) is 36.3 Å². The van der Waals surface area contributed by atoms with Crippen LogP contribution in [0.25, 0.3) is 0 Å². The molecule has 9 heterocycles. The molecule has 0 amide bonds. The van der Waals surface area contributed by atoms with Crippen molar-refractivity contribution in [1.82, 2.24) is 0 Å². The SMILES string of the molecule is CO[Si]1(CCCOC2CO2)O[Si](O)(CCCOC2CO2)O[Si]2(c3ccccc3)O[Si]3(CCCOC4CO4)O[Si](CCCOC4CO4)(O[Si]4(c5ccccc5)O[Si](O)(CCCOC5CC5)O[Si](O)(CCCOC5CO5)O[Si](c5ccccc5)(O3)O4)O[Si](c3ccccc3)(O1)O2. The summed E-state index contributed by atoms with van der Waals surface area (Å²) in [7, 11) is -49.0. The average Bonchev–Trinajstić information content (AvgIpc) is 1.15. The predicted octanol–water partition coefficient (Wildman–Crippen LogP) is 2.28. The molecule has 38 heteroatoms. The first kappa shape index (κ1) is 69.0. The van der Waals surface area contributed by atoms with Crippen LogP contribution in [0.5, 0.6) is 0 Å². The van der Waals surface area contributed by atoms with Gasteiger partial charge in [0.2, 0.25) is 0 Å². The van der Waals surface area contributed by atoms with Crippen LogP contribution < -0.4 is 20.7 Å². The molecule has 0 spiro atoms. The van der Waals surface area contributed by atoms with E-state index in [2.05, 4.69) is 0 Å². The first-order chi connectivity index (χ1) is 45.6. The summed E-state index contributed by atoms with van der Waals surface area (Å²) in [6.07, 6.45) is 1.14. The van der Waals surface area contributed by atoms with Crippen LogP contribution in [0.15, 0.2) is 121 Å². The van der Waals surface area contributed by atoms with Gasteiger partial charge in [0.25, 0.3) is 0 Å². The van der Waals surface area contributed by atoms with Gasteiger partial charge in [-0.15, -0.1) is 0 Å². The molecule has 9 saturated heterocycles. The maximum atomic E-state index is 13.9. The summed E-state index contributed by atoms with van der Waals surface area (Å²) in [6.45, 7) is 3.07. The van der Waals surface area contributed by atoms with Gasteiger partial charge in [0.1, 0.15) is 33.0 Å². The van der Waals surface area contributed by atoms with Gasteiger partial charge in [-0.05, 0) is 51.4 Å². The second-order valence-corrected chi connectivity index (χ2v) is 53.4. The minimum absolute atomic E-state index is 0.0412. The molecule has 28 nitrogen and oxygen atoms in total. The van der Waals surface area contributed by atoms with Gasteiger partial charge in [-0.1, -0.05) is 121 Å². The standard InChI is InChI=1S/C56H82O28Si10/c1-60-88(39-17-33-64-54-44-69-54)73-87(59,38-16-32-63-53-43-68-53)76-93(50-24-10-4-11-25-50)80-89(40-18-34-65-55-45-70-55)77-90(41-19-35-66-56-46-71-56,82-94(78-88,84-93)51-26-12-5-13-27-51)81-92(49-22-8-3-9-23-49)74-85(57,36-14-30-61-47-28-29-47)72-86(58,37-15-31-62-52-42-67-52)75-91(79-89,83-92)48-20-6-2-7-21-48/h2-13,20-27,47,52-59H,14-19,28-46H2,1H3. The van der Waals surface area contributed by atoms with Crippen molar-refractivity contribution in [2.75, 3.05) is 79.8 Å². The molecule has 15 atom stereocenters. The van der Waals surface area contributed by atoms with Crippen LogP contribution in [0, 0.1) is 0 Å². The quantitative estimate of drug-likeness (QED) is 0.0338. The number of hydrogen-bond acceptors (Lipinski definition) is 28. The van der Waals surface area contributed by atoms with E-state index in [4.69, 9.17) is 110 Å². The summed E-state index contributed by atoms with van der Waals surface area (Å²) in [4.78, 5) is 41.5. The fourth-order valence-corrected chi connectivity index (χ4v) is 63.3. The zero-order chi connectivity index (χ0) is 64.3. The average molecular weight is 1480 g/mol. The van der Waals surface area contributed by atoms with Crippen LogP contribution in [0.3, 0.4) is 0 Å². The van der Waals surface area contributed by atoms with Crippen molar-refractivity contribution in [3.8, 4) is 0 Å². The molecule has 0 aromatic heterocycles. The van der Waals surface area contributed by atoms with Crippen LogP contribution in [-0.4, -0.2) is 220 Å². The first-order valence-corrected chi connectivity index (χ1v) is 51.1. The van der Waals surface area contributed by atoms with Gasteiger partial charge in [-0.25, -0.2) is 0 Å². The van der Waals surface area contributed by atoms with E-state index in [1.165, 1.54) is 7.11 Å². The number of epoxide rings is 5. The molecule has 9 aliphatic heterocycles. The monoisotopic (exact) mass is 1480 g/mol. The molecule has 10 fully saturated rings. The Labute approximate surface area is 556 Å². The number of ether oxygens (including phenoxy) is 11. The number of fused-ring (bicyclic) bond motifs is 6. The molecule has 514 valence electrons. The zero-order valence-electron chi connectivity index (χ0n) is 52.2. The molecule has 14 rings (SSSR count). The van der Waals surface area contributed by atoms with Crippen molar-refractivity contribution in [3.05, 3.63) is 121 Å². The number of benzene rings is 4. The molecule has 4 aromatic carbocycles. The van der Waals surface area contributed by atoms with E-state index >= 15 is 0 Å². The summed E-state index contributed by atoms with van der Waals surface area (Å²) in [5.41, 5.74) is 0. The minimum Gasteiger partial charge on any atom is -0.391 e. The Bertz CT molecular complexity index is 3100. The molecule has 4 aromatic rings. The topological polar surface area (TPSA) is 308 Å². The summed E-state index contributed by atoms with van der Waals surface area (Å²) in [5.74, 6) is 0. The van der Waals surface area contributed by atoms with E-state index in [0.29, 0.717) is 60.2 Å². The van der Waals surface area contributed by atoms with Crippen molar-refractivity contribution in [1.29, 1.82) is 0 Å². The summed E-state index contributed by atoms with van der Waals surface area (Å²) >= 11 is 0. The van der Waals surface area contributed by atoms with Crippen molar-refractivity contribution in [2.45, 2.75) is 125 Å². The fourth-order valence-electron chi connectivity index (χ4n) is 11.4. The van der Waals surface area contributed by atoms with Crippen molar-refractivity contribution in [3.63, 3.8) is 0 Å². The molecule has 1 saturated carbocycles. The summed E-state index contributed by atoms with van der Waals surface area (Å²) < 4.78 is 173. The summed E-state index contributed by atoms with van der Waals surface area (Å²) in [6, 6.07) is 35.3. The van der Waals surface area contributed by atoms with Gasteiger partial charge >= 0.3 is 88.0 Å². The molecule has 3 N–H and O–H groups in total. The highest BCUT2D eigenvalue weighted by Crippen LogP contribution is 2.48. The molecule has 94 heavy (non-hydrogen) atoms. The lowest BCUT2D eigenvalue weighted by atomic mass is 10.4. The fraction of sp³-hybridized carbons (Fsp3) is 0.571. The zero-order valence-corrected chi connectivity index (χ0v) is 62.2. The Kier molecular flexibility index (Phi) is 21.7. The van der Waals surface area contributed by atoms with Crippen molar-refractivity contribution >= 4 is 109 Å². The van der Waals surface area contributed by atoms with Crippen molar-refractivity contribution < 1.29 is 124 Å². The number of rotatable bonds is 35. The second kappa shape index (κ2) is 29.5. The van der Waals surface area contributed by atoms with E-state index < -0.39 is 107 Å². The van der Waals surface area contributed by atoms with Crippen LogP contribution >= 0.6 is 0 Å². The number of hydrogen-bond donors (Lipinski definition) is 3. The lowest BCUT2D eigenvalue weighted by molar-refractivity contribution is 0.00527. The van der Waals surface area contributed by atoms with Crippen LogP contribution in [0.4, 0.5) is 0 Å². The Hall–Kier alpha value is -2.07. The highest BCUT2D eigenvalue weighted by atomic mass is 28.6. The Balaban J connectivity index is 1.01. The third-order valence-electron chi connectivity index (χ3n) is 16.3. The van der Waals surface area contributed by atoms with Gasteiger partial charge in [0.05, 0.1) is 6.10 Å².